The Morgan fingerprint density at radius 3 is 2.90 bits per heavy atom. The Hall–Kier alpha value is -1.40. The van der Waals surface area contributed by atoms with Gasteiger partial charge in [0, 0.05) is 23.2 Å². The second kappa shape index (κ2) is 7.40. The van der Waals surface area contributed by atoms with Crippen molar-refractivity contribution < 1.29 is 14.3 Å². The van der Waals surface area contributed by atoms with Crippen LogP contribution >= 0.6 is 15.9 Å². The predicted octanol–water partition coefficient (Wildman–Crippen LogP) is 1.47. The number of amides is 2. The van der Waals surface area contributed by atoms with Crippen molar-refractivity contribution in [1.29, 1.82) is 0 Å². The van der Waals surface area contributed by atoms with E-state index in [0.29, 0.717) is 12.1 Å². The van der Waals surface area contributed by atoms with E-state index in [4.69, 9.17) is 4.74 Å². The van der Waals surface area contributed by atoms with Gasteiger partial charge in [-0.3, -0.25) is 9.59 Å². The van der Waals surface area contributed by atoms with Crippen molar-refractivity contribution in [3.05, 3.63) is 34.3 Å². The molecule has 2 N–H and O–H groups in total. The second-order valence-corrected chi connectivity index (χ2v) is 5.55. The Morgan fingerprint density at radius 2 is 2.20 bits per heavy atom. The summed E-state index contributed by atoms with van der Waals surface area (Å²) >= 11 is 3.30. The average Bonchev–Trinajstić information content (AvgIpc) is 2.95. The Morgan fingerprint density at radius 1 is 1.35 bits per heavy atom. The van der Waals surface area contributed by atoms with Crippen LogP contribution in [0.4, 0.5) is 0 Å². The van der Waals surface area contributed by atoms with Crippen LogP contribution < -0.4 is 10.6 Å². The molecule has 108 valence electrons. The Labute approximate surface area is 126 Å². The van der Waals surface area contributed by atoms with E-state index >= 15 is 0 Å². The van der Waals surface area contributed by atoms with Gasteiger partial charge in [-0.2, -0.15) is 0 Å². The van der Waals surface area contributed by atoms with Crippen LogP contribution in [-0.2, 0) is 9.53 Å². The highest BCUT2D eigenvalue weighted by Gasteiger charge is 2.16. The normalized spacial score (nSPS) is 17.8. The summed E-state index contributed by atoms with van der Waals surface area (Å²) in [6, 6.07) is 7.02. The molecule has 1 heterocycles. The smallest absolute Gasteiger partial charge is 0.251 e. The van der Waals surface area contributed by atoms with Crippen molar-refractivity contribution in [2.45, 2.75) is 18.9 Å². The number of rotatable bonds is 5. The maximum Gasteiger partial charge on any atom is 0.251 e. The zero-order valence-corrected chi connectivity index (χ0v) is 12.6. The highest BCUT2D eigenvalue weighted by atomic mass is 79.9. The first-order chi connectivity index (χ1) is 9.65. The van der Waals surface area contributed by atoms with Crippen LogP contribution in [0.15, 0.2) is 28.7 Å². The molecule has 0 saturated carbocycles. The number of benzene rings is 1. The number of halogens is 1. The van der Waals surface area contributed by atoms with E-state index < -0.39 is 0 Å². The molecular formula is C14H17BrN2O3. The molecule has 1 unspecified atom stereocenters. The van der Waals surface area contributed by atoms with Crippen molar-refractivity contribution in [2.24, 2.45) is 0 Å². The Balaban J connectivity index is 1.71. The molecule has 1 aromatic rings. The van der Waals surface area contributed by atoms with Crippen LogP contribution in [0.2, 0.25) is 0 Å². The third-order valence-corrected chi connectivity index (χ3v) is 3.54. The van der Waals surface area contributed by atoms with Crippen LogP contribution in [0.1, 0.15) is 23.2 Å². The second-order valence-electron chi connectivity index (χ2n) is 4.63. The van der Waals surface area contributed by atoms with Gasteiger partial charge in [0.25, 0.3) is 5.91 Å². The van der Waals surface area contributed by atoms with Crippen molar-refractivity contribution in [3.63, 3.8) is 0 Å². The maximum absolute atomic E-state index is 11.8. The number of hydrogen-bond donors (Lipinski definition) is 2. The number of carbonyl (C=O) groups is 2. The van der Waals surface area contributed by atoms with Gasteiger partial charge in [0.15, 0.2) is 0 Å². The summed E-state index contributed by atoms with van der Waals surface area (Å²) in [6.45, 7) is 1.24. The molecule has 1 fully saturated rings. The number of carbonyl (C=O) groups excluding carboxylic acids is 2. The number of ether oxygens (including phenoxy) is 1. The van der Waals surface area contributed by atoms with E-state index in [2.05, 4.69) is 26.6 Å². The van der Waals surface area contributed by atoms with Gasteiger partial charge in [0.05, 0.1) is 12.6 Å². The monoisotopic (exact) mass is 340 g/mol. The fourth-order valence-corrected chi connectivity index (χ4v) is 2.39. The summed E-state index contributed by atoms with van der Waals surface area (Å²) in [5, 5.41) is 5.34. The van der Waals surface area contributed by atoms with Crippen LogP contribution in [0.5, 0.6) is 0 Å². The largest absolute Gasteiger partial charge is 0.376 e. The standard InChI is InChI=1S/C14H17BrN2O3/c15-11-4-1-3-10(7-11)14(19)17-9-13(18)16-8-12-5-2-6-20-12/h1,3-4,7,12H,2,5-6,8-9H2,(H,16,18)(H,17,19). The maximum atomic E-state index is 11.8. The van der Waals surface area contributed by atoms with E-state index in [-0.39, 0.29) is 24.5 Å². The van der Waals surface area contributed by atoms with E-state index in [1.165, 1.54) is 0 Å². The minimum Gasteiger partial charge on any atom is -0.376 e. The SMILES string of the molecule is O=C(CNC(=O)c1cccc(Br)c1)NCC1CCCO1. The lowest BCUT2D eigenvalue weighted by Crippen LogP contribution is -2.39. The minimum absolute atomic E-state index is 0.0297. The quantitative estimate of drug-likeness (QED) is 0.852. The minimum atomic E-state index is -0.265. The van der Waals surface area contributed by atoms with Gasteiger partial charge in [-0.15, -0.1) is 0 Å². The van der Waals surface area contributed by atoms with Crippen molar-refractivity contribution in [1.82, 2.24) is 10.6 Å². The van der Waals surface area contributed by atoms with Crippen molar-refractivity contribution in [3.8, 4) is 0 Å². The topological polar surface area (TPSA) is 67.4 Å². The van der Waals surface area contributed by atoms with Gasteiger partial charge in [-0.25, -0.2) is 0 Å². The lowest BCUT2D eigenvalue weighted by Gasteiger charge is -2.11. The third kappa shape index (κ3) is 4.61. The van der Waals surface area contributed by atoms with Gasteiger partial charge in [0.1, 0.15) is 0 Å². The Bertz CT molecular complexity index is 487. The van der Waals surface area contributed by atoms with Gasteiger partial charge in [-0.05, 0) is 31.0 Å². The first kappa shape index (κ1) is 15.0. The zero-order valence-electron chi connectivity index (χ0n) is 11.0. The molecule has 0 bridgehead atoms. The van der Waals surface area contributed by atoms with E-state index in [0.717, 1.165) is 23.9 Å². The lowest BCUT2D eigenvalue weighted by atomic mass is 10.2. The highest BCUT2D eigenvalue weighted by Crippen LogP contribution is 2.11. The number of hydrogen-bond acceptors (Lipinski definition) is 3. The molecule has 1 atom stereocenters. The van der Waals surface area contributed by atoms with Crippen LogP contribution in [0, 0.1) is 0 Å². The lowest BCUT2D eigenvalue weighted by molar-refractivity contribution is -0.120. The van der Waals surface area contributed by atoms with E-state index in [1.807, 2.05) is 6.07 Å². The summed E-state index contributed by atoms with van der Waals surface area (Å²) in [7, 11) is 0. The molecule has 1 saturated heterocycles. The first-order valence-corrected chi connectivity index (χ1v) is 7.36. The fourth-order valence-electron chi connectivity index (χ4n) is 1.99. The van der Waals surface area contributed by atoms with Crippen LogP contribution in [-0.4, -0.2) is 37.6 Å². The molecule has 0 radical (unpaired) electrons. The van der Waals surface area contributed by atoms with E-state index in [1.54, 1.807) is 18.2 Å². The van der Waals surface area contributed by atoms with Crippen molar-refractivity contribution in [2.75, 3.05) is 19.7 Å². The highest BCUT2D eigenvalue weighted by molar-refractivity contribution is 9.10. The molecule has 1 aliphatic heterocycles. The molecule has 20 heavy (non-hydrogen) atoms. The molecule has 0 spiro atoms. The summed E-state index contributed by atoms with van der Waals surface area (Å²) < 4.78 is 6.23. The molecule has 0 aromatic heterocycles. The molecule has 0 aliphatic carbocycles. The van der Waals surface area contributed by atoms with E-state index in [9.17, 15) is 9.59 Å². The molecule has 2 rings (SSSR count). The van der Waals surface area contributed by atoms with Crippen molar-refractivity contribution >= 4 is 27.7 Å². The molecule has 2 amide bonds. The fraction of sp³-hybridized carbons (Fsp3) is 0.429. The van der Waals surface area contributed by atoms with Gasteiger partial charge in [-0.1, -0.05) is 22.0 Å². The number of nitrogens with one attached hydrogen (secondary N) is 2. The van der Waals surface area contributed by atoms with Crippen LogP contribution in [0.25, 0.3) is 0 Å². The Kier molecular flexibility index (Phi) is 5.55. The molecule has 1 aliphatic rings. The van der Waals surface area contributed by atoms with Gasteiger partial charge >= 0.3 is 0 Å². The molecule has 5 nitrogen and oxygen atoms in total. The first-order valence-electron chi connectivity index (χ1n) is 6.57. The summed E-state index contributed by atoms with van der Waals surface area (Å²) in [5.41, 5.74) is 0.520. The summed E-state index contributed by atoms with van der Waals surface area (Å²) in [4.78, 5) is 23.4. The van der Waals surface area contributed by atoms with Gasteiger partial charge in [0.2, 0.25) is 5.91 Å². The molecular weight excluding hydrogens is 324 g/mol. The summed E-state index contributed by atoms with van der Waals surface area (Å²) in [6.07, 6.45) is 2.13. The average molecular weight is 341 g/mol. The third-order valence-electron chi connectivity index (χ3n) is 3.05. The molecule has 6 heteroatoms. The van der Waals surface area contributed by atoms with Crippen LogP contribution in [0.3, 0.4) is 0 Å². The molecule has 1 aromatic carbocycles. The van der Waals surface area contributed by atoms with Gasteiger partial charge < -0.3 is 15.4 Å². The summed E-state index contributed by atoms with van der Waals surface area (Å²) in [5.74, 6) is -0.470. The predicted molar refractivity (Wildman–Crippen MR) is 78.5 cm³/mol. The zero-order chi connectivity index (χ0) is 14.4.